The molecule has 0 fully saturated rings. The van der Waals surface area contributed by atoms with Crippen LogP contribution in [0.15, 0.2) is 36.4 Å². The van der Waals surface area contributed by atoms with E-state index in [4.69, 9.17) is 9.47 Å². The Morgan fingerprint density at radius 1 is 1.14 bits per heavy atom. The lowest BCUT2D eigenvalue weighted by atomic mass is 10.1. The number of ketones is 1. The Balaban J connectivity index is 1.79. The molecule has 0 saturated heterocycles. The predicted octanol–water partition coefficient (Wildman–Crippen LogP) is 2.97. The van der Waals surface area contributed by atoms with Gasteiger partial charge in [-0.3, -0.25) is 9.10 Å². The zero-order valence-corrected chi connectivity index (χ0v) is 17.6. The standard InChI is InChI=1S/C21H23NO6S/c1-13-9-17-11-16(5-7-19(17)22(13)29(4,25)26)21(24)28-12-18-10-15(14(2)23)6-8-20(18)27-3/h5-8,10-11,13H,9,12H2,1-4H3/t13-/m0/s1. The van der Waals surface area contributed by atoms with E-state index >= 15 is 0 Å². The smallest absolute Gasteiger partial charge is 0.338 e. The molecule has 29 heavy (non-hydrogen) atoms. The molecule has 0 aromatic heterocycles. The number of benzene rings is 2. The molecule has 0 bridgehead atoms. The number of Topliss-reactive ketones (excluding diaryl/α,β-unsaturated/α-hetero) is 1. The largest absolute Gasteiger partial charge is 0.496 e. The quantitative estimate of drug-likeness (QED) is 0.530. The molecule has 1 aliphatic heterocycles. The number of methoxy groups -OCH3 is 1. The number of fused-ring (bicyclic) bond motifs is 1. The number of carbonyl (C=O) groups is 2. The summed E-state index contributed by atoms with van der Waals surface area (Å²) in [5.41, 5.74) is 2.81. The molecular formula is C21H23NO6S. The molecule has 1 atom stereocenters. The molecule has 1 heterocycles. The molecule has 0 amide bonds. The molecule has 1 aliphatic rings. The van der Waals surface area contributed by atoms with Gasteiger partial charge in [-0.25, -0.2) is 13.2 Å². The van der Waals surface area contributed by atoms with Crippen molar-refractivity contribution in [3.05, 3.63) is 58.7 Å². The van der Waals surface area contributed by atoms with E-state index in [1.165, 1.54) is 24.6 Å². The van der Waals surface area contributed by atoms with Crippen molar-refractivity contribution in [2.45, 2.75) is 32.9 Å². The van der Waals surface area contributed by atoms with Gasteiger partial charge in [0.25, 0.3) is 0 Å². The number of ether oxygens (including phenoxy) is 2. The molecule has 0 aliphatic carbocycles. The zero-order chi connectivity index (χ0) is 21.3. The third-order valence-corrected chi connectivity index (χ3v) is 6.14. The highest BCUT2D eigenvalue weighted by Crippen LogP contribution is 2.35. The lowest BCUT2D eigenvalue weighted by molar-refractivity contribution is 0.0470. The third-order valence-electron chi connectivity index (χ3n) is 4.87. The minimum absolute atomic E-state index is 0.0495. The van der Waals surface area contributed by atoms with Crippen LogP contribution in [-0.2, 0) is 27.8 Å². The van der Waals surface area contributed by atoms with Crippen LogP contribution in [0.3, 0.4) is 0 Å². The van der Waals surface area contributed by atoms with E-state index in [9.17, 15) is 18.0 Å². The monoisotopic (exact) mass is 417 g/mol. The van der Waals surface area contributed by atoms with Crippen LogP contribution < -0.4 is 9.04 Å². The molecule has 0 unspecified atom stereocenters. The Bertz CT molecular complexity index is 1080. The van der Waals surface area contributed by atoms with Gasteiger partial charge >= 0.3 is 5.97 Å². The SMILES string of the molecule is COc1ccc(C(C)=O)cc1COC(=O)c1ccc2c(c1)C[C@H](C)N2S(C)(=O)=O. The molecule has 3 rings (SSSR count). The lowest BCUT2D eigenvalue weighted by Gasteiger charge is -2.21. The van der Waals surface area contributed by atoms with Gasteiger partial charge in [0.05, 0.1) is 24.6 Å². The fourth-order valence-electron chi connectivity index (χ4n) is 3.57. The molecule has 7 nitrogen and oxygen atoms in total. The van der Waals surface area contributed by atoms with Crippen molar-refractivity contribution in [2.75, 3.05) is 17.7 Å². The van der Waals surface area contributed by atoms with E-state index in [1.54, 1.807) is 36.4 Å². The molecule has 0 spiro atoms. The minimum Gasteiger partial charge on any atom is -0.496 e. The van der Waals surface area contributed by atoms with Crippen LogP contribution >= 0.6 is 0 Å². The number of sulfonamides is 1. The number of rotatable bonds is 6. The van der Waals surface area contributed by atoms with Gasteiger partial charge in [-0.15, -0.1) is 0 Å². The van der Waals surface area contributed by atoms with Gasteiger partial charge in [0.1, 0.15) is 12.4 Å². The van der Waals surface area contributed by atoms with Crippen molar-refractivity contribution in [3.8, 4) is 5.75 Å². The second-order valence-electron chi connectivity index (χ2n) is 7.11. The predicted molar refractivity (Wildman–Crippen MR) is 109 cm³/mol. The fraction of sp³-hybridized carbons (Fsp3) is 0.333. The summed E-state index contributed by atoms with van der Waals surface area (Å²) in [6.07, 6.45) is 1.70. The van der Waals surface area contributed by atoms with Crippen molar-refractivity contribution >= 4 is 27.5 Å². The fourth-order valence-corrected chi connectivity index (χ4v) is 4.84. The van der Waals surface area contributed by atoms with E-state index in [-0.39, 0.29) is 18.4 Å². The van der Waals surface area contributed by atoms with Crippen molar-refractivity contribution in [1.29, 1.82) is 0 Å². The molecular weight excluding hydrogens is 394 g/mol. The number of hydrogen-bond acceptors (Lipinski definition) is 6. The van der Waals surface area contributed by atoms with Crippen LogP contribution in [0.4, 0.5) is 5.69 Å². The summed E-state index contributed by atoms with van der Waals surface area (Å²) in [5.74, 6) is -0.105. The average molecular weight is 417 g/mol. The zero-order valence-electron chi connectivity index (χ0n) is 16.8. The number of anilines is 1. The highest BCUT2D eigenvalue weighted by Gasteiger charge is 2.32. The highest BCUT2D eigenvalue weighted by atomic mass is 32.2. The van der Waals surface area contributed by atoms with Gasteiger partial charge in [-0.05, 0) is 62.2 Å². The normalized spacial score (nSPS) is 15.7. The molecule has 0 saturated carbocycles. The second kappa shape index (κ2) is 7.87. The van der Waals surface area contributed by atoms with E-state index in [1.807, 2.05) is 6.92 Å². The first-order chi connectivity index (χ1) is 13.6. The first-order valence-corrected chi connectivity index (χ1v) is 10.9. The number of hydrogen-bond donors (Lipinski definition) is 0. The topological polar surface area (TPSA) is 90.0 Å². The summed E-state index contributed by atoms with van der Waals surface area (Å²) in [4.78, 5) is 24.1. The van der Waals surface area contributed by atoms with Crippen molar-refractivity contribution in [2.24, 2.45) is 0 Å². The van der Waals surface area contributed by atoms with Gasteiger partial charge in [0, 0.05) is 17.2 Å². The van der Waals surface area contributed by atoms with E-state index < -0.39 is 16.0 Å². The minimum atomic E-state index is -3.39. The van der Waals surface area contributed by atoms with Gasteiger partial charge in [0.15, 0.2) is 5.78 Å². The summed E-state index contributed by atoms with van der Waals surface area (Å²) in [6.45, 7) is 3.24. The summed E-state index contributed by atoms with van der Waals surface area (Å²) in [5, 5.41) is 0. The molecule has 2 aromatic carbocycles. The van der Waals surface area contributed by atoms with Gasteiger partial charge in [-0.1, -0.05) is 0 Å². The molecule has 0 N–H and O–H groups in total. The van der Waals surface area contributed by atoms with Crippen LogP contribution in [0.2, 0.25) is 0 Å². The van der Waals surface area contributed by atoms with Gasteiger partial charge < -0.3 is 9.47 Å². The molecule has 154 valence electrons. The van der Waals surface area contributed by atoms with E-state index in [2.05, 4.69) is 0 Å². The third kappa shape index (κ3) is 4.27. The second-order valence-corrected chi connectivity index (χ2v) is 8.97. The maximum absolute atomic E-state index is 12.5. The van der Waals surface area contributed by atoms with Crippen molar-refractivity contribution in [3.63, 3.8) is 0 Å². The van der Waals surface area contributed by atoms with E-state index in [0.717, 1.165) is 5.56 Å². The summed E-state index contributed by atoms with van der Waals surface area (Å²) < 4.78 is 36.1. The first-order valence-electron chi connectivity index (χ1n) is 9.09. The number of esters is 1. The lowest BCUT2D eigenvalue weighted by Crippen LogP contribution is -2.34. The maximum Gasteiger partial charge on any atom is 0.338 e. The van der Waals surface area contributed by atoms with Crippen LogP contribution in [0, 0.1) is 0 Å². The van der Waals surface area contributed by atoms with Crippen LogP contribution in [0.5, 0.6) is 5.75 Å². The van der Waals surface area contributed by atoms with Gasteiger partial charge in [-0.2, -0.15) is 0 Å². The average Bonchev–Trinajstić information content (AvgIpc) is 3.00. The number of carbonyl (C=O) groups excluding carboxylic acids is 2. The van der Waals surface area contributed by atoms with Crippen LogP contribution in [-0.4, -0.2) is 39.6 Å². The Kier molecular flexibility index (Phi) is 5.66. The van der Waals surface area contributed by atoms with Crippen molar-refractivity contribution in [1.82, 2.24) is 0 Å². The highest BCUT2D eigenvalue weighted by molar-refractivity contribution is 7.92. The molecule has 8 heteroatoms. The summed E-state index contributed by atoms with van der Waals surface area (Å²) in [6, 6.07) is 9.61. The summed E-state index contributed by atoms with van der Waals surface area (Å²) in [7, 11) is -1.88. The Labute approximate surface area is 170 Å². The Hall–Kier alpha value is -2.87. The van der Waals surface area contributed by atoms with Crippen LogP contribution in [0.25, 0.3) is 0 Å². The van der Waals surface area contributed by atoms with Crippen molar-refractivity contribution < 1.29 is 27.5 Å². The van der Waals surface area contributed by atoms with Crippen LogP contribution in [0.1, 0.15) is 45.7 Å². The Morgan fingerprint density at radius 2 is 1.83 bits per heavy atom. The maximum atomic E-state index is 12.5. The van der Waals surface area contributed by atoms with E-state index in [0.29, 0.717) is 34.5 Å². The van der Waals surface area contributed by atoms with Gasteiger partial charge in [0.2, 0.25) is 10.0 Å². The number of nitrogens with zero attached hydrogens (tertiary/aromatic N) is 1. The molecule has 0 radical (unpaired) electrons. The first kappa shape index (κ1) is 20.9. The molecule has 2 aromatic rings. The summed E-state index contributed by atoms with van der Waals surface area (Å²) >= 11 is 0. The Morgan fingerprint density at radius 3 is 2.45 bits per heavy atom.